The van der Waals surface area contributed by atoms with Crippen molar-refractivity contribution in [3.05, 3.63) is 66.0 Å². The molecule has 2 rings (SSSR count). The van der Waals surface area contributed by atoms with E-state index in [9.17, 15) is 9.18 Å². The quantitative estimate of drug-likeness (QED) is 0.891. The number of carbonyl (C=O) groups excluding carboxylic acids is 1. The minimum absolute atomic E-state index is 0.205. The second-order valence-electron chi connectivity index (χ2n) is 4.92. The lowest BCUT2D eigenvalue weighted by Gasteiger charge is -2.24. The molecule has 0 radical (unpaired) electrons. The van der Waals surface area contributed by atoms with Crippen molar-refractivity contribution in [2.75, 3.05) is 5.32 Å². The van der Waals surface area contributed by atoms with E-state index in [2.05, 4.69) is 5.32 Å². The summed E-state index contributed by atoms with van der Waals surface area (Å²) in [5, 5.41) is 2.64. The molecule has 0 aliphatic heterocycles. The molecule has 0 fully saturated rings. The molecule has 2 aromatic rings. The molecule has 2 nitrogen and oxygen atoms in total. The van der Waals surface area contributed by atoms with Crippen LogP contribution >= 0.6 is 0 Å². The van der Waals surface area contributed by atoms with E-state index < -0.39 is 11.2 Å². The Morgan fingerprint density at radius 2 is 1.58 bits per heavy atom. The first-order valence-electron chi connectivity index (χ1n) is 6.13. The van der Waals surface area contributed by atoms with Crippen LogP contribution in [0, 0.1) is 5.82 Å². The number of amides is 1. The van der Waals surface area contributed by atoms with Gasteiger partial charge in [-0.3, -0.25) is 4.79 Å². The zero-order chi connectivity index (χ0) is 13.9. The van der Waals surface area contributed by atoms with Crippen molar-refractivity contribution in [1.82, 2.24) is 0 Å². The van der Waals surface area contributed by atoms with Crippen molar-refractivity contribution in [3.8, 4) is 0 Å². The second kappa shape index (κ2) is 5.22. The Balaban J connectivity index is 2.23. The number of halogens is 1. The average Bonchev–Trinajstić information content (AvgIpc) is 2.42. The van der Waals surface area contributed by atoms with Crippen LogP contribution < -0.4 is 5.32 Å². The van der Waals surface area contributed by atoms with Gasteiger partial charge >= 0.3 is 0 Å². The van der Waals surface area contributed by atoms with Gasteiger partial charge in [-0.05, 0) is 31.5 Å². The first kappa shape index (κ1) is 13.3. The predicted molar refractivity (Wildman–Crippen MR) is 74.5 cm³/mol. The zero-order valence-electron chi connectivity index (χ0n) is 11.0. The summed E-state index contributed by atoms with van der Waals surface area (Å²) < 4.78 is 13.5. The van der Waals surface area contributed by atoms with Crippen molar-refractivity contribution in [1.29, 1.82) is 0 Å². The van der Waals surface area contributed by atoms with Crippen LogP contribution in [0.3, 0.4) is 0 Å². The van der Waals surface area contributed by atoms with Crippen LogP contribution in [0.4, 0.5) is 10.1 Å². The second-order valence-corrected chi connectivity index (χ2v) is 4.92. The standard InChI is InChI=1S/C16H16FNO/c1-16(2,12-8-4-3-5-9-12)15(19)18-14-11-7-6-10-13(14)17/h3-11H,1-2H3,(H,18,19). The fourth-order valence-corrected chi connectivity index (χ4v) is 1.83. The molecule has 1 N–H and O–H groups in total. The summed E-state index contributed by atoms with van der Waals surface area (Å²) in [5.41, 5.74) is 0.379. The molecule has 3 heteroatoms. The van der Waals surface area contributed by atoms with E-state index in [1.165, 1.54) is 6.07 Å². The molecule has 0 aliphatic rings. The van der Waals surface area contributed by atoms with Gasteiger partial charge in [0.15, 0.2) is 0 Å². The van der Waals surface area contributed by atoms with Gasteiger partial charge in [0.1, 0.15) is 5.82 Å². The fraction of sp³-hybridized carbons (Fsp3) is 0.188. The first-order chi connectivity index (χ1) is 9.01. The largest absolute Gasteiger partial charge is 0.323 e. The van der Waals surface area contributed by atoms with Gasteiger partial charge in [-0.2, -0.15) is 0 Å². The van der Waals surface area contributed by atoms with E-state index in [1.807, 2.05) is 44.2 Å². The van der Waals surface area contributed by atoms with Crippen molar-refractivity contribution in [3.63, 3.8) is 0 Å². The maximum atomic E-state index is 13.5. The third-order valence-corrected chi connectivity index (χ3v) is 3.19. The number of anilines is 1. The van der Waals surface area contributed by atoms with Crippen LogP contribution in [0.25, 0.3) is 0 Å². The number of carbonyl (C=O) groups is 1. The molecule has 0 aromatic heterocycles. The van der Waals surface area contributed by atoms with Crippen LogP contribution in [0.2, 0.25) is 0 Å². The van der Waals surface area contributed by atoms with E-state index in [0.717, 1.165) is 5.56 Å². The monoisotopic (exact) mass is 257 g/mol. The van der Waals surface area contributed by atoms with Gasteiger partial charge in [0.25, 0.3) is 0 Å². The molecule has 1 amide bonds. The minimum atomic E-state index is -0.719. The Morgan fingerprint density at radius 3 is 2.21 bits per heavy atom. The Morgan fingerprint density at radius 1 is 1.00 bits per heavy atom. The van der Waals surface area contributed by atoms with Crippen molar-refractivity contribution in [2.24, 2.45) is 0 Å². The Kier molecular flexibility index (Phi) is 3.65. The SMILES string of the molecule is CC(C)(C(=O)Nc1ccccc1F)c1ccccc1. The van der Waals surface area contributed by atoms with Gasteiger partial charge < -0.3 is 5.32 Å². The molecule has 0 atom stereocenters. The zero-order valence-corrected chi connectivity index (χ0v) is 11.0. The highest BCUT2D eigenvalue weighted by Gasteiger charge is 2.29. The molecule has 0 bridgehead atoms. The molecule has 0 unspecified atom stereocenters. The van der Waals surface area contributed by atoms with E-state index in [4.69, 9.17) is 0 Å². The highest BCUT2D eigenvalue weighted by molar-refractivity contribution is 5.98. The Labute approximate surface area is 112 Å². The fourth-order valence-electron chi connectivity index (χ4n) is 1.83. The van der Waals surface area contributed by atoms with Crippen molar-refractivity contribution < 1.29 is 9.18 Å². The van der Waals surface area contributed by atoms with Gasteiger partial charge in [-0.1, -0.05) is 42.5 Å². The predicted octanol–water partition coefficient (Wildman–Crippen LogP) is 3.74. The van der Waals surface area contributed by atoms with Crippen LogP contribution in [0.5, 0.6) is 0 Å². The normalized spacial score (nSPS) is 11.1. The maximum Gasteiger partial charge on any atom is 0.234 e. The lowest BCUT2D eigenvalue weighted by atomic mass is 9.83. The van der Waals surface area contributed by atoms with Crippen LogP contribution in [-0.4, -0.2) is 5.91 Å². The molecule has 0 spiro atoms. The number of benzene rings is 2. The Hall–Kier alpha value is -2.16. The van der Waals surface area contributed by atoms with Gasteiger partial charge in [0, 0.05) is 0 Å². The summed E-state index contributed by atoms with van der Waals surface area (Å²) >= 11 is 0. The van der Waals surface area contributed by atoms with Gasteiger partial charge in [-0.25, -0.2) is 4.39 Å². The minimum Gasteiger partial charge on any atom is -0.323 e. The van der Waals surface area contributed by atoms with Crippen molar-refractivity contribution >= 4 is 11.6 Å². The molecule has 98 valence electrons. The van der Waals surface area contributed by atoms with Crippen molar-refractivity contribution in [2.45, 2.75) is 19.3 Å². The summed E-state index contributed by atoms with van der Waals surface area (Å²) in [6.07, 6.45) is 0. The number of hydrogen-bond acceptors (Lipinski definition) is 1. The van der Waals surface area contributed by atoms with E-state index in [0.29, 0.717) is 0 Å². The van der Waals surface area contributed by atoms with Gasteiger partial charge in [0.2, 0.25) is 5.91 Å². The summed E-state index contributed by atoms with van der Waals surface area (Å²) in [4.78, 5) is 12.3. The van der Waals surface area contributed by atoms with E-state index in [-0.39, 0.29) is 11.6 Å². The Bertz CT molecular complexity index is 578. The van der Waals surface area contributed by atoms with E-state index >= 15 is 0 Å². The number of para-hydroxylation sites is 1. The first-order valence-corrected chi connectivity index (χ1v) is 6.13. The molecule has 2 aromatic carbocycles. The van der Waals surface area contributed by atoms with Crippen LogP contribution in [0.15, 0.2) is 54.6 Å². The third-order valence-electron chi connectivity index (χ3n) is 3.19. The molecule has 0 saturated heterocycles. The average molecular weight is 257 g/mol. The number of rotatable bonds is 3. The highest BCUT2D eigenvalue weighted by atomic mass is 19.1. The third kappa shape index (κ3) is 2.81. The van der Waals surface area contributed by atoms with E-state index in [1.54, 1.807) is 18.2 Å². The topological polar surface area (TPSA) is 29.1 Å². The molecule has 0 heterocycles. The maximum absolute atomic E-state index is 13.5. The molecule has 0 aliphatic carbocycles. The lowest BCUT2D eigenvalue weighted by molar-refractivity contribution is -0.120. The molecule has 19 heavy (non-hydrogen) atoms. The summed E-state index contributed by atoms with van der Waals surface area (Å²) in [7, 11) is 0. The van der Waals surface area contributed by atoms with Crippen LogP contribution in [-0.2, 0) is 10.2 Å². The molecular weight excluding hydrogens is 241 g/mol. The summed E-state index contributed by atoms with van der Waals surface area (Å²) in [6, 6.07) is 15.6. The highest BCUT2D eigenvalue weighted by Crippen LogP contribution is 2.25. The van der Waals surface area contributed by atoms with Gasteiger partial charge in [-0.15, -0.1) is 0 Å². The van der Waals surface area contributed by atoms with Gasteiger partial charge in [0.05, 0.1) is 11.1 Å². The number of nitrogens with one attached hydrogen (secondary N) is 1. The molecule has 0 saturated carbocycles. The lowest BCUT2D eigenvalue weighted by Crippen LogP contribution is -2.34. The smallest absolute Gasteiger partial charge is 0.234 e. The van der Waals surface area contributed by atoms with Crippen LogP contribution in [0.1, 0.15) is 19.4 Å². The summed E-state index contributed by atoms with van der Waals surface area (Å²) in [5.74, 6) is -0.663. The summed E-state index contributed by atoms with van der Waals surface area (Å²) in [6.45, 7) is 3.64. The molecular formula is C16H16FNO. The number of hydrogen-bond donors (Lipinski definition) is 1.